The van der Waals surface area contributed by atoms with Gasteiger partial charge in [-0.05, 0) is 54.2 Å². The van der Waals surface area contributed by atoms with E-state index in [9.17, 15) is 18.0 Å². The van der Waals surface area contributed by atoms with E-state index in [1.807, 2.05) is 30.3 Å². The Kier molecular flexibility index (Phi) is 6.63. The third kappa shape index (κ3) is 4.84. The highest BCUT2D eigenvalue weighted by Gasteiger charge is 2.32. The number of carbonyl (C=O) groups is 2. The summed E-state index contributed by atoms with van der Waals surface area (Å²) in [6.45, 7) is 1.97. The van der Waals surface area contributed by atoms with Gasteiger partial charge in [0, 0.05) is 4.88 Å². The quantitative estimate of drug-likeness (QED) is 0.462. The summed E-state index contributed by atoms with van der Waals surface area (Å²) in [5.74, 6) is -0.688. The Hall–Kier alpha value is -2.79. The number of quaternary nitrogens is 1. The highest BCUT2D eigenvalue weighted by Crippen LogP contribution is 2.37. The first-order chi connectivity index (χ1) is 16.8. The number of piperazine rings is 1. The van der Waals surface area contributed by atoms with Crippen molar-refractivity contribution in [2.75, 3.05) is 38.0 Å². The SMILES string of the molecule is NC(=O)c1c(NC(=O)C[NH+]2CCN(S(=O)(=O)c3ccc4ccccc4c3)CC2)sc2c1CCCC2. The third-order valence-electron chi connectivity index (χ3n) is 6.87. The summed E-state index contributed by atoms with van der Waals surface area (Å²) < 4.78 is 27.9. The van der Waals surface area contributed by atoms with E-state index in [0.29, 0.717) is 36.7 Å². The zero-order valence-electron chi connectivity index (χ0n) is 19.4. The predicted molar refractivity (Wildman–Crippen MR) is 136 cm³/mol. The van der Waals surface area contributed by atoms with Crippen LogP contribution in [0.25, 0.3) is 10.8 Å². The van der Waals surface area contributed by atoms with Gasteiger partial charge in [0.25, 0.3) is 11.8 Å². The topological polar surface area (TPSA) is 114 Å². The van der Waals surface area contributed by atoms with Gasteiger partial charge in [0.05, 0.1) is 36.6 Å². The van der Waals surface area contributed by atoms with Crippen LogP contribution in [0.2, 0.25) is 0 Å². The Bertz CT molecular complexity index is 1390. The Morgan fingerprint density at radius 1 is 1.03 bits per heavy atom. The first kappa shape index (κ1) is 23.9. The number of hydrogen-bond acceptors (Lipinski definition) is 5. The molecule has 0 spiro atoms. The van der Waals surface area contributed by atoms with Crippen LogP contribution in [0.5, 0.6) is 0 Å². The standard InChI is InChI=1S/C25H28N4O4S2/c26-24(31)23-20-7-3-4-8-21(20)34-25(23)27-22(30)16-28-11-13-29(14-12-28)35(32,33)19-10-9-17-5-1-2-6-18(17)15-19/h1-2,5-6,9-10,15H,3-4,7-8,11-14,16H2,(H2,26,31)(H,27,30)/p+1. The molecule has 1 saturated heterocycles. The molecule has 2 heterocycles. The van der Waals surface area contributed by atoms with Crippen LogP contribution >= 0.6 is 11.3 Å². The molecule has 1 aromatic heterocycles. The smallest absolute Gasteiger partial charge is 0.280 e. The summed E-state index contributed by atoms with van der Waals surface area (Å²) in [7, 11) is -3.60. The Labute approximate surface area is 208 Å². The largest absolute Gasteiger partial charge is 0.365 e. The molecule has 0 saturated carbocycles. The van der Waals surface area contributed by atoms with Crippen molar-refractivity contribution in [2.24, 2.45) is 5.73 Å². The molecular weight excluding hydrogens is 484 g/mol. The van der Waals surface area contributed by atoms with Gasteiger partial charge in [-0.2, -0.15) is 4.31 Å². The van der Waals surface area contributed by atoms with Crippen LogP contribution in [-0.4, -0.2) is 57.3 Å². The predicted octanol–water partition coefficient (Wildman–Crippen LogP) is 1.41. The number of thiophene rings is 1. The molecule has 0 radical (unpaired) electrons. The summed E-state index contributed by atoms with van der Waals surface area (Å²) in [6.07, 6.45) is 3.83. The molecule has 2 aliphatic rings. The zero-order valence-corrected chi connectivity index (χ0v) is 21.0. The second kappa shape index (κ2) is 9.69. The summed E-state index contributed by atoms with van der Waals surface area (Å²) in [5.41, 5.74) is 7.07. The second-order valence-corrected chi connectivity index (χ2v) is 12.2. The number of amides is 2. The van der Waals surface area contributed by atoms with E-state index < -0.39 is 15.9 Å². The molecule has 2 amide bonds. The van der Waals surface area contributed by atoms with Gasteiger partial charge in [-0.1, -0.05) is 30.3 Å². The molecule has 0 atom stereocenters. The lowest BCUT2D eigenvalue weighted by Gasteiger charge is -2.31. The third-order valence-corrected chi connectivity index (χ3v) is 9.97. The number of nitrogens with zero attached hydrogens (tertiary/aromatic N) is 1. The number of primary amides is 1. The fraction of sp³-hybridized carbons (Fsp3) is 0.360. The van der Waals surface area contributed by atoms with Crippen molar-refractivity contribution in [1.29, 1.82) is 0 Å². The molecule has 4 N–H and O–H groups in total. The number of nitrogens with two attached hydrogens (primary N) is 1. The molecule has 0 bridgehead atoms. The van der Waals surface area contributed by atoms with E-state index >= 15 is 0 Å². The first-order valence-corrected chi connectivity index (χ1v) is 14.2. The number of anilines is 1. The van der Waals surface area contributed by atoms with E-state index in [1.165, 1.54) is 15.6 Å². The summed E-state index contributed by atoms with van der Waals surface area (Å²) >= 11 is 1.45. The Balaban J connectivity index is 1.21. The molecule has 1 aliphatic heterocycles. The number of benzene rings is 2. The summed E-state index contributed by atoms with van der Waals surface area (Å²) in [6, 6.07) is 12.9. The number of sulfonamides is 1. The van der Waals surface area contributed by atoms with Crippen LogP contribution < -0.4 is 16.0 Å². The summed E-state index contributed by atoms with van der Waals surface area (Å²) in [4.78, 5) is 27.3. The molecular formula is C25H29N4O4S2+. The molecule has 184 valence electrons. The van der Waals surface area contributed by atoms with Gasteiger partial charge >= 0.3 is 0 Å². The molecule has 1 fully saturated rings. The van der Waals surface area contributed by atoms with Crippen molar-refractivity contribution in [3.05, 3.63) is 58.5 Å². The molecule has 3 aromatic rings. The van der Waals surface area contributed by atoms with Crippen molar-refractivity contribution in [3.8, 4) is 0 Å². The molecule has 2 aromatic carbocycles. The van der Waals surface area contributed by atoms with Crippen molar-refractivity contribution in [3.63, 3.8) is 0 Å². The van der Waals surface area contributed by atoms with E-state index in [0.717, 1.165) is 51.8 Å². The summed E-state index contributed by atoms with van der Waals surface area (Å²) in [5, 5.41) is 5.34. The molecule has 1 aliphatic carbocycles. The fourth-order valence-corrected chi connectivity index (χ4v) is 7.80. The van der Waals surface area contributed by atoms with Crippen molar-refractivity contribution in [2.45, 2.75) is 30.6 Å². The maximum Gasteiger partial charge on any atom is 0.280 e. The van der Waals surface area contributed by atoms with E-state index in [2.05, 4.69) is 5.32 Å². The molecule has 35 heavy (non-hydrogen) atoms. The minimum Gasteiger partial charge on any atom is -0.365 e. The molecule has 0 unspecified atom stereocenters. The highest BCUT2D eigenvalue weighted by molar-refractivity contribution is 7.89. The van der Waals surface area contributed by atoms with E-state index in [4.69, 9.17) is 5.73 Å². The van der Waals surface area contributed by atoms with Crippen LogP contribution in [-0.2, 0) is 27.7 Å². The lowest BCUT2D eigenvalue weighted by molar-refractivity contribution is -0.895. The average Bonchev–Trinajstić information content (AvgIpc) is 3.22. The van der Waals surface area contributed by atoms with Gasteiger partial charge in [-0.3, -0.25) is 9.59 Å². The zero-order chi connectivity index (χ0) is 24.6. The van der Waals surface area contributed by atoms with Gasteiger partial charge in [0.15, 0.2) is 6.54 Å². The van der Waals surface area contributed by atoms with Crippen LogP contribution in [0, 0.1) is 0 Å². The minimum absolute atomic E-state index is 0.188. The lowest BCUT2D eigenvalue weighted by Crippen LogP contribution is -3.15. The van der Waals surface area contributed by atoms with Crippen LogP contribution in [0.4, 0.5) is 5.00 Å². The Morgan fingerprint density at radius 3 is 2.49 bits per heavy atom. The first-order valence-electron chi connectivity index (χ1n) is 11.9. The van der Waals surface area contributed by atoms with Gasteiger partial charge in [0.2, 0.25) is 10.0 Å². The van der Waals surface area contributed by atoms with Crippen LogP contribution in [0.15, 0.2) is 47.4 Å². The Morgan fingerprint density at radius 2 is 1.74 bits per heavy atom. The van der Waals surface area contributed by atoms with Crippen molar-refractivity contribution >= 4 is 48.9 Å². The molecule has 8 nitrogen and oxygen atoms in total. The van der Waals surface area contributed by atoms with Crippen LogP contribution in [0.1, 0.15) is 33.6 Å². The van der Waals surface area contributed by atoms with Gasteiger partial charge in [-0.15, -0.1) is 11.3 Å². The lowest BCUT2D eigenvalue weighted by atomic mass is 9.95. The number of fused-ring (bicyclic) bond motifs is 2. The van der Waals surface area contributed by atoms with Gasteiger partial charge in [-0.25, -0.2) is 8.42 Å². The van der Waals surface area contributed by atoms with E-state index in [1.54, 1.807) is 12.1 Å². The monoisotopic (exact) mass is 513 g/mol. The molecule has 10 heteroatoms. The normalized spacial score (nSPS) is 17.3. The maximum absolute atomic E-state index is 13.2. The minimum atomic E-state index is -3.60. The number of carbonyl (C=O) groups excluding carboxylic acids is 2. The van der Waals surface area contributed by atoms with Gasteiger partial charge in [0.1, 0.15) is 5.00 Å². The molecule has 5 rings (SSSR count). The number of aryl methyl sites for hydroxylation is 1. The van der Waals surface area contributed by atoms with E-state index in [-0.39, 0.29) is 17.3 Å². The van der Waals surface area contributed by atoms with Crippen molar-refractivity contribution in [1.82, 2.24) is 4.31 Å². The fourth-order valence-electron chi connectivity index (χ4n) is 5.01. The maximum atomic E-state index is 13.2. The highest BCUT2D eigenvalue weighted by atomic mass is 32.2. The number of nitrogens with one attached hydrogen (secondary N) is 2. The number of rotatable bonds is 6. The average molecular weight is 514 g/mol. The number of hydrogen-bond donors (Lipinski definition) is 3. The van der Waals surface area contributed by atoms with Crippen LogP contribution in [0.3, 0.4) is 0 Å². The van der Waals surface area contributed by atoms with Crippen molar-refractivity contribution < 1.29 is 22.9 Å². The van der Waals surface area contributed by atoms with Gasteiger partial charge < -0.3 is 16.0 Å². The second-order valence-electron chi connectivity index (χ2n) is 9.17.